The second-order valence-corrected chi connectivity index (χ2v) is 7.52. The summed E-state index contributed by atoms with van der Waals surface area (Å²) < 4.78 is 11.3. The minimum absolute atomic E-state index is 0.108. The average Bonchev–Trinajstić information content (AvgIpc) is 3.36. The van der Waals surface area contributed by atoms with E-state index in [0.717, 1.165) is 11.6 Å². The molecule has 4 rings (SSSR count). The van der Waals surface area contributed by atoms with Crippen LogP contribution in [-0.2, 0) is 25.6 Å². The Morgan fingerprint density at radius 1 is 1.16 bits per heavy atom. The first kappa shape index (κ1) is 21.3. The molecule has 3 aromatic rings. The molecule has 0 unspecified atom stereocenters. The molecule has 0 saturated heterocycles. The maximum absolute atomic E-state index is 13.0. The van der Waals surface area contributed by atoms with Crippen LogP contribution in [-0.4, -0.2) is 41.9 Å². The van der Waals surface area contributed by atoms with E-state index in [0.29, 0.717) is 22.5 Å². The van der Waals surface area contributed by atoms with Crippen LogP contribution in [0.2, 0.25) is 5.02 Å². The van der Waals surface area contributed by atoms with Gasteiger partial charge in [0.25, 0.3) is 11.7 Å². The molecular formula is C23H17ClN2O6. The third-order valence-electron chi connectivity index (χ3n) is 4.96. The fourth-order valence-electron chi connectivity index (χ4n) is 3.41. The van der Waals surface area contributed by atoms with Crippen molar-refractivity contribution in [3.63, 3.8) is 0 Å². The van der Waals surface area contributed by atoms with Gasteiger partial charge in [0, 0.05) is 34.7 Å². The number of nitrogens with one attached hydrogen (secondary N) is 1. The first-order chi connectivity index (χ1) is 15.4. The number of carbonyl (C=O) groups excluding carboxylic acids is 4. The molecule has 2 aromatic carbocycles. The summed E-state index contributed by atoms with van der Waals surface area (Å²) in [6, 6.07) is 12.0. The number of Topliss-reactive ketones (excluding diaryl/α,β-unsaturated/α-hetero) is 1. The number of aromatic nitrogens is 1. The number of ketones is 1. The zero-order valence-corrected chi connectivity index (χ0v) is 17.6. The zero-order chi connectivity index (χ0) is 22.8. The molecule has 1 aliphatic rings. The SMILES string of the molecule is COC(=O)c1ccc2c(c1)c(C(=O)C(=O)NC1=CC(=O)OC1)cn2Cc1ccc(Cl)cc1. The van der Waals surface area contributed by atoms with Crippen molar-refractivity contribution in [3.05, 3.63) is 82.1 Å². The van der Waals surface area contributed by atoms with Gasteiger partial charge in [-0.3, -0.25) is 9.59 Å². The van der Waals surface area contributed by atoms with Crippen LogP contribution >= 0.6 is 11.6 Å². The summed E-state index contributed by atoms with van der Waals surface area (Å²) in [4.78, 5) is 48.7. The van der Waals surface area contributed by atoms with E-state index in [9.17, 15) is 19.2 Å². The van der Waals surface area contributed by atoms with Gasteiger partial charge in [0.2, 0.25) is 0 Å². The summed E-state index contributed by atoms with van der Waals surface area (Å²) in [5.74, 6) is -2.88. The molecule has 0 atom stereocenters. The lowest BCUT2D eigenvalue weighted by atomic mass is 10.1. The Hall–Kier alpha value is -3.91. The minimum Gasteiger partial charge on any atom is -0.465 e. The number of nitrogens with zero attached hydrogens (tertiary/aromatic N) is 1. The summed E-state index contributed by atoms with van der Waals surface area (Å²) in [7, 11) is 1.26. The standard InChI is InChI=1S/C23H17ClN2O6/c1-31-23(30)14-4-7-19-17(8-14)18(11-26(19)10-13-2-5-15(24)6-3-13)21(28)22(29)25-16-9-20(27)32-12-16/h2-9,11H,10,12H2,1H3,(H,25,29). The molecule has 0 fully saturated rings. The molecule has 162 valence electrons. The Kier molecular flexibility index (Phi) is 5.79. The largest absolute Gasteiger partial charge is 0.465 e. The second-order valence-electron chi connectivity index (χ2n) is 7.08. The monoisotopic (exact) mass is 452 g/mol. The van der Waals surface area contributed by atoms with Gasteiger partial charge in [0.15, 0.2) is 0 Å². The molecule has 2 heterocycles. The normalized spacial score (nSPS) is 12.9. The lowest BCUT2D eigenvalue weighted by Gasteiger charge is -2.06. The Balaban J connectivity index is 1.73. The van der Waals surface area contributed by atoms with Gasteiger partial charge in [-0.2, -0.15) is 0 Å². The van der Waals surface area contributed by atoms with Crippen molar-refractivity contribution >= 4 is 46.1 Å². The summed E-state index contributed by atoms with van der Waals surface area (Å²) in [5.41, 5.74) is 2.15. The van der Waals surface area contributed by atoms with Gasteiger partial charge in [0.1, 0.15) is 6.61 Å². The number of ether oxygens (including phenoxy) is 2. The number of carbonyl (C=O) groups is 4. The van der Waals surface area contributed by atoms with Crippen LogP contribution in [0.25, 0.3) is 10.9 Å². The van der Waals surface area contributed by atoms with Crippen LogP contribution in [0.1, 0.15) is 26.3 Å². The molecule has 32 heavy (non-hydrogen) atoms. The first-order valence-electron chi connectivity index (χ1n) is 9.54. The van der Waals surface area contributed by atoms with E-state index >= 15 is 0 Å². The van der Waals surface area contributed by atoms with Crippen molar-refractivity contribution in [2.24, 2.45) is 0 Å². The third-order valence-corrected chi connectivity index (χ3v) is 5.21. The fraction of sp³-hybridized carbons (Fsp3) is 0.130. The van der Waals surface area contributed by atoms with E-state index in [-0.39, 0.29) is 23.4 Å². The highest BCUT2D eigenvalue weighted by molar-refractivity contribution is 6.45. The lowest BCUT2D eigenvalue weighted by molar-refractivity contribution is -0.135. The number of cyclic esters (lactones) is 1. The van der Waals surface area contributed by atoms with Crippen molar-refractivity contribution in [1.29, 1.82) is 0 Å². The Labute approximate surface area is 187 Å². The quantitative estimate of drug-likeness (QED) is 0.350. The molecule has 0 bridgehead atoms. The minimum atomic E-state index is -0.913. The molecule has 1 aliphatic heterocycles. The van der Waals surface area contributed by atoms with E-state index < -0.39 is 23.6 Å². The highest BCUT2D eigenvalue weighted by atomic mass is 35.5. The zero-order valence-electron chi connectivity index (χ0n) is 16.9. The highest BCUT2D eigenvalue weighted by Gasteiger charge is 2.25. The number of esters is 2. The summed E-state index contributed by atoms with van der Waals surface area (Å²) >= 11 is 5.96. The number of rotatable bonds is 6. The Bertz CT molecular complexity index is 1290. The lowest BCUT2D eigenvalue weighted by Crippen LogP contribution is -2.31. The topological polar surface area (TPSA) is 104 Å². The molecule has 1 aromatic heterocycles. The molecule has 0 spiro atoms. The number of fused-ring (bicyclic) bond motifs is 1. The number of amides is 1. The van der Waals surface area contributed by atoms with Crippen LogP contribution in [0.5, 0.6) is 0 Å². The fourth-order valence-corrected chi connectivity index (χ4v) is 3.54. The van der Waals surface area contributed by atoms with Gasteiger partial charge in [0.05, 0.1) is 23.9 Å². The van der Waals surface area contributed by atoms with Gasteiger partial charge in [-0.25, -0.2) is 9.59 Å². The number of methoxy groups -OCH3 is 1. The average molecular weight is 453 g/mol. The molecule has 0 saturated carbocycles. The molecule has 9 heteroatoms. The van der Waals surface area contributed by atoms with Crippen molar-refractivity contribution in [2.75, 3.05) is 13.7 Å². The summed E-state index contributed by atoms with van der Waals surface area (Å²) in [6.07, 6.45) is 2.68. The maximum atomic E-state index is 13.0. The van der Waals surface area contributed by atoms with Gasteiger partial charge >= 0.3 is 11.9 Å². The second kappa shape index (κ2) is 8.68. The van der Waals surface area contributed by atoms with E-state index in [1.54, 1.807) is 30.5 Å². The smallest absolute Gasteiger partial charge is 0.337 e. The highest BCUT2D eigenvalue weighted by Crippen LogP contribution is 2.25. The number of hydrogen-bond acceptors (Lipinski definition) is 6. The van der Waals surface area contributed by atoms with Crippen molar-refractivity contribution in [1.82, 2.24) is 9.88 Å². The van der Waals surface area contributed by atoms with E-state index in [4.69, 9.17) is 21.1 Å². The van der Waals surface area contributed by atoms with E-state index in [1.165, 1.54) is 13.2 Å². The Morgan fingerprint density at radius 2 is 1.91 bits per heavy atom. The van der Waals surface area contributed by atoms with Crippen LogP contribution in [0.3, 0.4) is 0 Å². The van der Waals surface area contributed by atoms with Gasteiger partial charge in [-0.1, -0.05) is 23.7 Å². The molecule has 1 amide bonds. The Morgan fingerprint density at radius 3 is 2.56 bits per heavy atom. The van der Waals surface area contributed by atoms with Gasteiger partial charge < -0.3 is 19.4 Å². The van der Waals surface area contributed by atoms with Crippen LogP contribution in [0.4, 0.5) is 0 Å². The van der Waals surface area contributed by atoms with Crippen molar-refractivity contribution < 1.29 is 28.7 Å². The number of benzene rings is 2. The summed E-state index contributed by atoms with van der Waals surface area (Å²) in [6.45, 7) is 0.302. The van der Waals surface area contributed by atoms with Gasteiger partial charge in [-0.05, 0) is 35.9 Å². The maximum Gasteiger partial charge on any atom is 0.337 e. The first-order valence-corrected chi connectivity index (χ1v) is 9.92. The molecule has 8 nitrogen and oxygen atoms in total. The summed E-state index contributed by atoms with van der Waals surface area (Å²) in [5, 5.41) is 3.42. The molecule has 1 N–H and O–H groups in total. The van der Waals surface area contributed by atoms with Gasteiger partial charge in [-0.15, -0.1) is 0 Å². The van der Waals surface area contributed by atoms with Crippen molar-refractivity contribution in [3.8, 4) is 0 Å². The van der Waals surface area contributed by atoms with Crippen LogP contribution < -0.4 is 5.32 Å². The molecule has 0 radical (unpaired) electrons. The third kappa shape index (κ3) is 4.26. The van der Waals surface area contributed by atoms with Crippen LogP contribution in [0.15, 0.2) is 60.4 Å². The van der Waals surface area contributed by atoms with Crippen LogP contribution in [0, 0.1) is 0 Å². The molecule has 0 aliphatic carbocycles. The molecular weight excluding hydrogens is 436 g/mol. The van der Waals surface area contributed by atoms with E-state index in [1.807, 2.05) is 16.7 Å². The predicted octanol–water partition coefficient (Wildman–Crippen LogP) is 2.87. The number of halogens is 1. The number of hydrogen-bond donors (Lipinski definition) is 1. The van der Waals surface area contributed by atoms with E-state index in [2.05, 4.69) is 5.32 Å². The predicted molar refractivity (Wildman–Crippen MR) is 115 cm³/mol. The van der Waals surface area contributed by atoms with Crippen molar-refractivity contribution in [2.45, 2.75) is 6.54 Å².